The second-order valence-electron chi connectivity index (χ2n) is 4.83. The molecular weight excluding hydrogens is 234 g/mol. The highest BCUT2D eigenvalue weighted by Gasteiger charge is 2.39. The maximum absolute atomic E-state index is 12.2. The van der Waals surface area contributed by atoms with E-state index in [4.69, 9.17) is 0 Å². The minimum absolute atomic E-state index is 0.0683. The number of hydrogen-bond donors (Lipinski definition) is 1. The number of nitrogens with one attached hydrogen (secondary N) is 1. The fourth-order valence-electron chi connectivity index (χ4n) is 2.06. The maximum atomic E-state index is 12.2. The SMILES string of the molecule is CCn1ncnc1CN1CC(=O)NC(C)(C)C1=O. The lowest BCUT2D eigenvalue weighted by Crippen LogP contribution is -2.63. The number of carbonyl (C=O) groups is 2. The lowest BCUT2D eigenvalue weighted by Gasteiger charge is -2.37. The Morgan fingerprint density at radius 3 is 2.83 bits per heavy atom. The minimum Gasteiger partial charge on any atom is -0.341 e. The first-order chi connectivity index (χ1) is 8.44. The quantitative estimate of drug-likeness (QED) is 0.788. The van der Waals surface area contributed by atoms with Crippen LogP contribution in [0.1, 0.15) is 26.6 Å². The Morgan fingerprint density at radius 2 is 2.17 bits per heavy atom. The van der Waals surface area contributed by atoms with Crippen LogP contribution in [0.15, 0.2) is 6.33 Å². The van der Waals surface area contributed by atoms with Crippen LogP contribution in [0, 0.1) is 0 Å². The zero-order chi connectivity index (χ0) is 13.3. The van der Waals surface area contributed by atoms with Crippen molar-refractivity contribution < 1.29 is 9.59 Å². The third kappa shape index (κ3) is 2.20. The molecule has 0 aliphatic carbocycles. The normalized spacial score (nSPS) is 18.9. The Kier molecular flexibility index (Phi) is 3.06. The Morgan fingerprint density at radius 1 is 1.44 bits per heavy atom. The molecule has 7 nitrogen and oxygen atoms in total. The largest absolute Gasteiger partial charge is 0.341 e. The van der Waals surface area contributed by atoms with Crippen LogP contribution in [0.25, 0.3) is 0 Å². The molecule has 2 amide bonds. The molecule has 0 aromatic carbocycles. The van der Waals surface area contributed by atoms with E-state index in [2.05, 4.69) is 15.4 Å². The summed E-state index contributed by atoms with van der Waals surface area (Å²) in [5, 5.41) is 6.72. The van der Waals surface area contributed by atoms with Gasteiger partial charge >= 0.3 is 0 Å². The smallest absolute Gasteiger partial charge is 0.248 e. The van der Waals surface area contributed by atoms with Crippen molar-refractivity contribution in [3.05, 3.63) is 12.2 Å². The molecule has 1 aliphatic heterocycles. The van der Waals surface area contributed by atoms with E-state index in [0.29, 0.717) is 18.9 Å². The van der Waals surface area contributed by atoms with Crippen molar-refractivity contribution in [3.63, 3.8) is 0 Å². The molecule has 1 aliphatic rings. The molecule has 0 spiro atoms. The number of amides is 2. The maximum Gasteiger partial charge on any atom is 0.248 e. The average molecular weight is 251 g/mol. The molecule has 1 saturated heterocycles. The van der Waals surface area contributed by atoms with Gasteiger partial charge in [-0.05, 0) is 20.8 Å². The van der Waals surface area contributed by atoms with Crippen LogP contribution in [-0.4, -0.2) is 43.6 Å². The first-order valence-corrected chi connectivity index (χ1v) is 5.91. The summed E-state index contributed by atoms with van der Waals surface area (Å²) in [7, 11) is 0. The van der Waals surface area contributed by atoms with Crippen LogP contribution in [0.3, 0.4) is 0 Å². The molecule has 0 radical (unpaired) electrons. The monoisotopic (exact) mass is 251 g/mol. The van der Waals surface area contributed by atoms with Gasteiger partial charge in [0.25, 0.3) is 0 Å². The van der Waals surface area contributed by atoms with Crippen LogP contribution < -0.4 is 5.32 Å². The Balaban J connectivity index is 2.18. The summed E-state index contributed by atoms with van der Waals surface area (Å²) in [6, 6.07) is 0. The number of nitrogens with zero attached hydrogens (tertiary/aromatic N) is 4. The van der Waals surface area contributed by atoms with Gasteiger partial charge in [-0.25, -0.2) is 9.67 Å². The lowest BCUT2D eigenvalue weighted by atomic mass is 10.0. The molecule has 1 aromatic rings. The van der Waals surface area contributed by atoms with Crippen molar-refractivity contribution in [1.29, 1.82) is 0 Å². The highest BCUT2D eigenvalue weighted by molar-refractivity contribution is 5.97. The van der Waals surface area contributed by atoms with Gasteiger partial charge < -0.3 is 10.2 Å². The van der Waals surface area contributed by atoms with E-state index in [1.807, 2.05) is 6.92 Å². The van der Waals surface area contributed by atoms with Crippen molar-refractivity contribution in [2.24, 2.45) is 0 Å². The predicted molar refractivity (Wildman–Crippen MR) is 63.3 cm³/mol. The van der Waals surface area contributed by atoms with Gasteiger partial charge in [0.1, 0.15) is 24.2 Å². The minimum atomic E-state index is -0.855. The van der Waals surface area contributed by atoms with E-state index in [9.17, 15) is 9.59 Å². The first-order valence-electron chi connectivity index (χ1n) is 5.91. The summed E-state index contributed by atoms with van der Waals surface area (Å²) < 4.78 is 1.72. The number of rotatable bonds is 3. The fourth-order valence-corrected chi connectivity index (χ4v) is 2.06. The van der Waals surface area contributed by atoms with Crippen molar-refractivity contribution in [3.8, 4) is 0 Å². The second-order valence-corrected chi connectivity index (χ2v) is 4.83. The number of carbonyl (C=O) groups excluding carboxylic acids is 2. The van der Waals surface area contributed by atoms with E-state index in [1.165, 1.54) is 11.2 Å². The van der Waals surface area contributed by atoms with Gasteiger partial charge in [-0.2, -0.15) is 5.10 Å². The van der Waals surface area contributed by atoms with Crippen LogP contribution in [0.4, 0.5) is 0 Å². The molecule has 0 unspecified atom stereocenters. The fraction of sp³-hybridized carbons (Fsp3) is 0.636. The van der Waals surface area contributed by atoms with Gasteiger partial charge in [-0.1, -0.05) is 0 Å². The third-order valence-corrected chi connectivity index (χ3v) is 2.94. The number of aromatic nitrogens is 3. The molecule has 0 bridgehead atoms. The molecule has 1 fully saturated rings. The zero-order valence-electron chi connectivity index (χ0n) is 10.8. The number of piperazine rings is 1. The first kappa shape index (κ1) is 12.5. The topological polar surface area (TPSA) is 80.1 Å². The van der Waals surface area contributed by atoms with E-state index in [-0.39, 0.29) is 18.4 Å². The van der Waals surface area contributed by atoms with Gasteiger partial charge in [-0.15, -0.1) is 0 Å². The van der Waals surface area contributed by atoms with Gasteiger partial charge in [0.2, 0.25) is 11.8 Å². The van der Waals surface area contributed by atoms with Crippen molar-refractivity contribution in [1.82, 2.24) is 25.0 Å². The van der Waals surface area contributed by atoms with Crippen molar-refractivity contribution >= 4 is 11.8 Å². The van der Waals surface area contributed by atoms with Crippen LogP contribution in [-0.2, 0) is 22.7 Å². The van der Waals surface area contributed by atoms with Crippen LogP contribution >= 0.6 is 0 Å². The number of hydrogen-bond acceptors (Lipinski definition) is 4. The van der Waals surface area contributed by atoms with E-state index in [1.54, 1.807) is 18.5 Å². The summed E-state index contributed by atoms with van der Waals surface area (Å²) in [6.07, 6.45) is 1.46. The van der Waals surface area contributed by atoms with E-state index < -0.39 is 5.54 Å². The molecule has 18 heavy (non-hydrogen) atoms. The van der Waals surface area contributed by atoms with E-state index >= 15 is 0 Å². The highest BCUT2D eigenvalue weighted by atomic mass is 16.2. The summed E-state index contributed by atoms with van der Waals surface area (Å²) >= 11 is 0. The predicted octanol–water partition coefficient (Wildman–Crippen LogP) is -0.465. The Hall–Kier alpha value is -1.92. The Bertz CT molecular complexity index is 480. The van der Waals surface area contributed by atoms with Gasteiger partial charge in [0.15, 0.2) is 0 Å². The molecule has 1 aromatic heterocycles. The molecule has 98 valence electrons. The standard InChI is InChI=1S/C11H17N5O2/c1-4-16-8(12-7-13-16)5-15-6-9(17)14-11(2,3)10(15)18/h7H,4-6H2,1-3H3,(H,14,17). The summed E-state index contributed by atoms with van der Waals surface area (Å²) in [5.41, 5.74) is -0.855. The Labute approximate surface area is 105 Å². The van der Waals surface area contributed by atoms with Crippen molar-refractivity contribution in [2.75, 3.05) is 6.54 Å². The molecule has 1 N–H and O–H groups in total. The molecular formula is C11H17N5O2. The van der Waals surface area contributed by atoms with Crippen LogP contribution in [0.5, 0.6) is 0 Å². The third-order valence-electron chi connectivity index (χ3n) is 2.94. The van der Waals surface area contributed by atoms with Gasteiger partial charge in [0.05, 0.1) is 6.54 Å². The molecule has 2 heterocycles. The molecule has 0 saturated carbocycles. The van der Waals surface area contributed by atoms with Crippen molar-refractivity contribution in [2.45, 2.75) is 39.4 Å². The van der Waals surface area contributed by atoms with Gasteiger partial charge in [-0.3, -0.25) is 9.59 Å². The second kappa shape index (κ2) is 4.40. The summed E-state index contributed by atoms with van der Waals surface area (Å²) in [6.45, 7) is 6.41. The van der Waals surface area contributed by atoms with Crippen LogP contribution in [0.2, 0.25) is 0 Å². The highest BCUT2D eigenvalue weighted by Crippen LogP contribution is 2.15. The average Bonchev–Trinajstić information content (AvgIpc) is 2.72. The zero-order valence-corrected chi connectivity index (χ0v) is 10.8. The summed E-state index contributed by atoms with van der Waals surface area (Å²) in [4.78, 5) is 29.4. The molecule has 2 rings (SSSR count). The number of aryl methyl sites for hydroxylation is 1. The van der Waals surface area contributed by atoms with E-state index in [0.717, 1.165) is 0 Å². The summed E-state index contributed by atoms with van der Waals surface area (Å²) in [5.74, 6) is 0.436. The molecule has 7 heteroatoms. The molecule has 0 atom stereocenters. The lowest BCUT2D eigenvalue weighted by molar-refractivity contribution is -0.149. The van der Waals surface area contributed by atoms with Gasteiger partial charge in [0, 0.05) is 6.54 Å².